The molecule has 1 unspecified atom stereocenters. The maximum absolute atomic E-state index is 12.2. The van der Waals surface area contributed by atoms with Gasteiger partial charge in [0.15, 0.2) is 0 Å². The predicted octanol–water partition coefficient (Wildman–Crippen LogP) is 3.51. The lowest BCUT2D eigenvalue weighted by Crippen LogP contribution is -2.19. The van der Waals surface area contributed by atoms with Gasteiger partial charge in [0.05, 0.1) is 5.92 Å². The van der Waals surface area contributed by atoms with E-state index in [0.717, 1.165) is 30.5 Å². The molecule has 0 bridgehead atoms. The number of nitrogens with one attached hydrogen (secondary N) is 1. The van der Waals surface area contributed by atoms with E-state index < -0.39 is 6.61 Å². The molecule has 1 aliphatic carbocycles. The first-order chi connectivity index (χ1) is 9.13. The second-order valence-corrected chi connectivity index (χ2v) is 5.20. The summed E-state index contributed by atoms with van der Waals surface area (Å²) < 4.78 is 28.8. The fourth-order valence-corrected chi connectivity index (χ4v) is 2.78. The molecule has 1 saturated carbocycles. The first-order valence-corrected chi connectivity index (χ1v) is 6.53. The summed E-state index contributed by atoms with van der Waals surface area (Å²) in [4.78, 5) is 11.9. The van der Waals surface area contributed by atoms with Crippen LogP contribution in [0.25, 0.3) is 0 Å². The highest BCUT2D eigenvalue weighted by atomic mass is 19.3. The van der Waals surface area contributed by atoms with Gasteiger partial charge in [-0.2, -0.15) is 8.78 Å². The number of hydrogen-bond donors (Lipinski definition) is 1. The van der Waals surface area contributed by atoms with Crippen LogP contribution in [0.2, 0.25) is 0 Å². The smallest absolute Gasteiger partial charge is 0.387 e. The number of benzene rings is 1. The Labute approximate surface area is 109 Å². The van der Waals surface area contributed by atoms with Gasteiger partial charge in [-0.25, -0.2) is 0 Å². The Morgan fingerprint density at radius 1 is 1.37 bits per heavy atom. The van der Waals surface area contributed by atoms with Crippen LogP contribution in [0.3, 0.4) is 0 Å². The van der Waals surface area contributed by atoms with E-state index in [1.54, 1.807) is 12.1 Å². The molecule has 102 valence electrons. The zero-order valence-corrected chi connectivity index (χ0v) is 10.4. The average Bonchev–Trinajstić information content (AvgIpc) is 2.59. The number of ether oxygens (including phenoxy) is 1. The highest BCUT2D eigenvalue weighted by Gasteiger charge is 2.34. The van der Waals surface area contributed by atoms with Gasteiger partial charge in [0.25, 0.3) is 0 Å². The molecule has 0 saturated heterocycles. The summed E-state index contributed by atoms with van der Waals surface area (Å²) in [6.45, 7) is -2.84. The Balaban J connectivity index is 1.82. The van der Waals surface area contributed by atoms with Crippen molar-refractivity contribution in [2.24, 2.45) is 5.92 Å². The van der Waals surface area contributed by atoms with Gasteiger partial charge in [-0.15, -0.1) is 0 Å². The first kappa shape index (κ1) is 12.4. The normalized spacial score (nSPS) is 22.1. The molecular weight excluding hydrogens is 252 g/mol. The van der Waals surface area contributed by atoms with Crippen LogP contribution in [-0.4, -0.2) is 12.5 Å². The third-order valence-corrected chi connectivity index (χ3v) is 3.99. The van der Waals surface area contributed by atoms with Crippen LogP contribution in [0, 0.1) is 5.92 Å². The van der Waals surface area contributed by atoms with Crippen molar-refractivity contribution in [2.45, 2.75) is 38.2 Å². The lowest BCUT2D eigenvalue weighted by molar-refractivity contribution is -0.117. The molecule has 3 nitrogen and oxygen atoms in total. The van der Waals surface area contributed by atoms with Crippen LogP contribution in [-0.2, 0) is 4.79 Å². The highest BCUT2D eigenvalue weighted by molar-refractivity contribution is 6.03. The van der Waals surface area contributed by atoms with Crippen LogP contribution in [0.4, 0.5) is 14.5 Å². The maximum atomic E-state index is 12.2. The second-order valence-electron chi connectivity index (χ2n) is 5.20. The molecule has 19 heavy (non-hydrogen) atoms. The number of rotatable bonds is 4. The summed E-state index contributed by atoms with van der Waals surface area (Å²) in [5.41, 5.74) is 1.51. The minimum absolute atomic E-state index is 0.0314. The van der Waals surface area contributed by atoms with E-state index >= 15 is 0 Å². The van der Waals surface area contributed by atoms with E-state index in [1.807, 2.05) is 0 Å². The molecule has 2 aliphatic rings. The largest absolute Gasteiger partial charge is 0.435 e. The topological polar surface area (TPSA) is 38.3 Å². The molecule has 0 radical (unpaired) electrons. The third-order valence-electron chi connectivity index (χ3n) is 3.99. The minimum Gasteiger partial charge on any atom is -0.435 e. The van der Waals surface area contributed by atoms with Crippen molar-refractivity contribution in [3.05, 3.63) is 23.8 Å². The number of hydrogen-bond acceptors (Lipinski definition) is 2. The molecule has 1 fully saturated rings. The van der Waals surface area contributed by atoms with Gasteiger partial charge >= 0.3 is 6.61 Å². The fourth-order valence-electron chi connectivity index (χ4n) is 2.78. The molecule has 1 aliphatic heterocycles. The Morgan fingerprint density at radius 3 is 2.79 bits per heavy atom. The van der Waals surface area contributed by atoms with Crippen molar-refractivity contribution in [1.29, 1.82) is 0 Å². The van der Waals surface area contributed by atoms with Gasteiger partial charge < -0.3 is 10.1 Å². The molecule has 1 aromatic rings. The second kappa shape index (κ2) is 4.79. The van der Waals surface area contributed by atoms with Crippen molar-refractivity contribution < 1.29 is 18.3 Å². The van der Waals surface area contributed by atoms with Gasteiger partial charge in [-0.3, -0.25) is 4.79 Å². The minimum atomic E-state index is -2.84. The maximum Gasteiger partial charge on any atom is 0.387 e. The number of carbonyl (C=O) groups is 1. The molecule has 0 spiro atoms. The summed E-state index contributed by atoms with van der Waals surface area (Å²) >= 11 is 0. The predicted molar refractivity (Wildman–Crippen MR) is 66.4 cm³/mol. The average molecular weight is 267 g/mol. The number of halogens is 2. The van der Waals surface area contributed by atoms with Crippen LogP contribution in [0.5, 0.6) is 5.75 Å². The Kier molecular flexibility index (Phi) is 3.12. The van der Waals surface area contributed by atoms with Crippen molar-refractivity contribution in [2.75, 3.05) is 5.32 Å². The van der Waals surface area contributed by atoms with E-state index in [1.165, 1.54) is 12.5 Å². The van der Waals surface area contributed by atoms with E-state index in [2.05, 4.69) is 10.1 Å². The number of carbonyl (C=O) groups excluding carboxylic acids is 1. The molecule has 1 aromatic carbocycles. The number of amides is 1. The lowest BCUT2D eigenvalue weighted by atomic mass is 9.77. The van der Waals surface area contributed by atoms with E-state index in [-0.39, 0.29) is 17.6 Å². The van der Waals surface area contributed by atoms with Gasteiger partial charge in [0, 0.05) is 5.69 Å². The Morgan fingerprint density at radius 2 is 2.16 bits per heavy atom. The molecular formula is C14H15F2NO2. The summed E-state index contributed by atoms with van der Waals surface area (Å²) in [5, 5.41) is 2.80. The lowest BCUT2D eigenvalue weighted by Gasteiger charge is -2.27. The molecule has 3 rings (SSSR count). The van der Waals surface area contributed by atoms with Crippen LogP contribution in [0.15, 0.2) is 18.2 Å². The van der Waals surface area contributed by atoms with Crippen LogP contribution in [0.1, 0.15) is 37.2 Å². The standard InChI is InChI=1S/C14H15F2NO2/c15-14(16)19-9-4-5-12-10(7-9)11(13(18)17-12)6-8-2-1-3-8/h4-5,7-8,11,14H,1-3,6H2,(H,17,18). The Hall–Kier alpha value is -1.65. The molecule has 1 atom stereocenters. The van der Waals surface area contributed by atoms with Crippen molar-refractivity contribution in [3.63, 3.8) is 0 Å². The summed E-state index contributed by atoms with van der Waals surface area (Å²) in [6, 6.07) is 4.64. The quantitative estimate of drug-likeness (QED) is 0.906. The number of anilines is 1. The number of alkyl halides is 2. The Bertz CT molecular complexity index is 500. The fraction of sp³-hybridized carbons (Fsp3) is 0.500. The third kappa shape index (κ3) is 2.41. The molecule has 1 N–H and O–H groups in total. The zero-order chi connectivity index (χ0) is 13.4. The van der Waals surface area contributed by atoms with Crippen LogP contribution < -0.4 is 10.1 Å². The SMILES string of the molecule is O=C1Nc2ccc(OC(F)F)cc2C1CC1CCC1. The van der Waals surface area contributed by atoms with Gasteiger partial charge in [-0.1, -0.05) is 19.3 Å². The van der Waals surface area contributed by atoms with Gasteiger partial charge in [0.1, 0.15) is 5.75 Å². The van der Waals surface area contributed by atoms with E-state index in [9.17, 15) is 13.6 Å². The van der Waals surface area contributed by atoms with Gasteiger partial charge in [-0.05, 0) is 36.1 Å². The molecule has 1 amide bonds. The molecule has 1 heterocycles. The summed E-state index contributed by atoms with van der Waals surface area (Å²) in [7, 11) is 0. The highest BCUT2D eigenvalue weighted by Crippen LogP contribution is 2.42. The van der Waals surface area contributed by atoms with Gasteiger partial charge in [0.2, 0.25) is 5.91 Å². The molecule has 0 aromatic heterocycles. The molecule has 5 heteroatoms. The zero-order valence-electron chi connectivity index (χ0n) is 10.4. The van der Waals surface area contributed by atoms with E-state index in [0.29, 0.717) is 5.92 Å². The monoisotopic (exact) mass is 267 g/mol. The summed E-state index contributed by atoms with van der Waals surface area (Å²) in [6.07, 6.45) is 4.34. The van der Waals surface area contributed by atoms with Crippen molar-refractivity contribution in [3.8, 4) is 5.75 Å². The summed E-state index contributed by atoms with van der Waals surface area (Å²) in [5.74, 6) is 0.447. The van der Waals surface area contributed by atoms with E-state index in [4.69, 9.17) is 0 Å². The first-order valence-electron chi connectivity index (χ1n) is 6.53. The number of fused-ring (bicyclic) bond motifs is 1. The van der Waals surface area contributed by atoms with Crippen LogP contribution >= 0.6 is 0 Å². The van der Waals surface area contributed by atoms with Crippen molar-refractivity contribution >= 4 is 11.6 Å². The van der Waals surface area contributed by atoms with Crippen molar-refractivity contribution in [1.82, 2.24) is 0 Å².